The summed E-state index contributed by atoms with van der Waals surface area (Å²) in [5.74, 6) is -0.512. The van der Waals surface area contributed by atoms with E-state index >= 15 is 0 Å². The van der Waals surface area contributed by atoms with E-state index in [-0.39, 0.29) is 31.5 Å². The number of carbonyl (C=O) groups is 2. The predicted molar refractivity (Wildman–Crippen MR) is 73.9 cm³/mol. The first kappa shape index (κ1) is 14.7. The Morgan fingerprint density at radius 1 is 1.30 bits per heavy atom. The SMILES string of the molecule is O=C(O)CCN(C(=O)COc1ccc(Cl)cc1)C1CC1. The van der Waals surface area contributed by atoms with Crippen LogP contribution in [-0.4, -0.2) is 41.1 Å². The fraction of sp³-hybridized carbons (Fsp3) is 0.429. The summed E-state index contributed by atoms with van der Waals surface area (Å²) in [5, 5.41) is 9.30. The normalized spacial score (nSPS) is 13.8. The van der Waals surface area contributed by atoms with Gasteiger partial charge in [0.2, 0.25) is 0 Å². The molecule has 0 aliphatic heterocycles. The van der Waals surface area contributed by atoms with Crippen molar-refractivity contribution in [3.63, 3.8) is 0 Å². The summed E-state index contributed by atoms with van der Waals surface area (Å²) in [4.78, 5) is 24.3. The number of benzene rings is 1. The van der Waals surface area contributed by atoms with E-state index in [9.17, 15) is 9.59 Å². The molecule has 1 aromatic carbocycles. The van der Waals surface area contributed by atoms with Crippen molar-refractivity contribution in [2.45, 2.75) is 25.3 Å². The second kappa shape index (κ2) is 6.61. The summed E-state index contributed by atoms with van der Waals surface area (Å²) in [7, 11) is 0. The van der Waals surface area contributed by atoms with Gasteiger partial charge in [0.1, 0.15) is 5.75 Å². The maximum atomic E-state index is 12.1. The zero-order chi connectivity index (χ0) is 14.5. The molecule has 0 atom stereocenters. The lowest BCUT2D eigenvalue weighted by Crippen LogP contribution is -2.38. The third-order valence-corrected chi connectivity index (χ3v) is 3.30. The molecule has 1 N–H and O–H groups in total. The second-order valence-corrected chi connectivity index (χ2v) is 5.14. The third-order valence-electron chi connectivity index (χ3n) is 3.05. The van der Waals surface area contributed by atoms with Crippen LogP contribution in [0.1, 0.15) is 19.3 Å². The van der Waals surface area contributed by atoms with Crippen molar-refractivity contribution < 1.29 is 19.4 Å². The van der Waals surface area contributed by atoms with Gasteiger partial charge in [-0.3, -0.25) is 9.59 Å². The van der Waals surface area contributed by atoms with E-state index in [1.807, 2.05) is 0 Å². The molecule has 0 aromatic heterocycles. The lowest BCUT2D eigenvalue weighted by atomic mass is 10.3. The molecule has 108 valence electrons. The van der Waals surface area contributed by atoms with Gasteiger partial charge in [-0.2, -0.15) is 0 Å². The summed E-state index contributed by atoms with van der Waals surface area (Å²) >= 11 is 5.76. The van der Waals surface area contributed by atoms with E-state index in [4.69, 9.17) is 21.4 Å². The van der Waals surface area contributed by atoms with Gasteiger partial charge in [0.15, 0.2) is 6.61 Å². The molecule has 1 aliphatic rings. The number of hydrogen-bond acceptors (Lipinski definition) is 3. The Labute approximate surface area is 122 Å². The molecule has 20 heavy (non-hydrogen) atoms. The number of carboxylic acid groups (broad SMARTS) is 1. The molecule has 1 fully saturated rings. The number of carboxylic acids is 1. The maximum absolute atomic E-state index is 12.1. The molecule has 0 bridgehead atoms. The molecular weight excluding hydrogens is 282 g/mol. The van der Waals surface area contributed by atoms with Gasteiger partial charge in [-0.1, -0.05) is 11.6 Å². The van der Waals surface area contributed by atoms with E-state index in [2.05, 4.69) is 0 Å². The second-order valence-electron chi connectivity index (χ2n) is 4.70. The molecule has 1 aromatic rings. The molecule has 1 aliphatic carbocycles. The van der Waals surface area contributed by atoms with Crippen LogP contribution in [0.2, 0.25) is 5.02 Å². The first-order chi connectivity index (χ1) is 9.56. The molecule has 0 unspecified atom stereocenters. The standard InChI is InChI=1S/C14H16ClNO4/c15-10-1-5-12(6-2-10)20-9-13(17)16(11-3-4-11)8-7-14(18)19/h1-2,5-6,11H,3-4,7-9H2,(H,18,19). The highest BCUT2D eigenvalue weighted by Crippen LogP contribution is 2.27. The van der Waals surface area contributed by atoms with Gasteiger partial charge in [-0.15, -0.1) is 0 Å². The van der Waals surface area contributed by atoms with Gasteiger partial charge in [-0.25, -0.2) is 0 Å². The van der Waals surface area contributed by atoms with Crippen LogP contribution >= 0.6 is 11.6 Å². The van der Waals surface area contributed by atoms with E-state index in [0.29, 0.717) is 10.8 Å². The topological polar surface area (TPSA) is 66.8 Å². The van der Waals surface area contributed by atoms with E-state index in [1.54, 1.807) is 29.2 Å². The van der Waals surface area contributed by atoms with Crippen molar-refractivity contribution >= 4 is 23.5 Å². The number of aliphatic carboxylic acids is 1. The van der Waals surface area contributed by atoms with Gasteiger partial charge >= 0.3 is 5.97 Å². The number of ether oxygens (including phenoxy) is 1. The highest BCUT2D eigenvalue weighted by molar-refractivity contribution is 6.30. The smallest absolute Gasteiger partial charge is 0.305 e. The monoisotopic (exact) mass is 297 g/mol. The van der Waals surface area contributed by atoms with Gasteiger partial charge in [-0.05, 0) is 37.1 Å². The van der Waals surface area contributed by atoms with Crippen molar-refractivity contribution in [1.82, 2.24) is 4.90 Å². The van der Waals surface area contributed by atoms with Crippen LogP contribution < -0.4 is 4.74 Å². The quantitative estimate of drug-likeness (QED) is 0.838. The Morgan fingerprint density at radius 3 is 2.50 bits per heavy atom. The molecule has 5 nitrogen and oxygen atoms in total. The Hall–Kier alpha value is -1.75. The number of nitrogens with zero attached hydrogens (tertiary/aromatic N) is 1. The van der Waals surface area contributed by atoms with Crippen LogP contribution in [-0.2, 0) is 9.59 Å². The Morgan fingerprint density at radius 2 is 1.95 bits per heavy atom. The predicted octanol–water partition coefficient (Wildman–Crippen LogP) is 2.18. The lowest BCUT2D eigenvalue weighted by Gasteiger charge is -2.21. The molecule has 2 rings (SSSR count). The van der Waals surface area contributed by atoms with Crippen LogP contribution in [0.4, 0.5) is 0 Å². The molecule has 1 saturated carbocycles. The Balaban J connectivity index is 1.85. The third kappa shape index (κ3) is 4.42. The Kier molecular flexibility index (Phi) is 4.84. The minimum atomic E-state index is -0.901. The van der Waals surface area contributed by atoms with Crippen LogP contribution in [0.25, 0.3) is 0 Å². The average Bonchev–Trinajstić information content (AvgIpc) is 3.22. The molecule has 0 radical (unpaired) electrons. The maximum Gasteiger partial charge on any atom is 0.305 e. The van der Waals surface area contributed by atoms with E-state index < -0.39 is 5.97 Å². The van der Waals surface area contributed by atoms with Crippen LogP contribution in [0.15, 0.2) is 24.3 Å². The number of amides is 1. The summed E-state index contributed by atoms with van der Waals surface area (Å²) in [6.07, 6.45) is 1.84. The summed E-state index contributed by atoms with van der Waals surface area (Å²) in [5.41, 5.74) is 0. The number of hydrogen-bond donors (Lipinski definition) is 1. The first-order valence-electron chi connectivity index (χ1n) is 6.46. The highest BCUT2D eigenvalue weighted by Gasteiger charge is 2.32. The fourth-order valence-corrected chi connectivity index (χ4v) is 2.00. The molecule has 0 heterocycles. The minimum Gasteiger partial charge on any atom is -0.484 e. The van der Waals surface area contributed by atoms with Crippen molar-refractivity contribution in [3.8, 4) is 5.75 Å². The van der Waals surface area contributed by atoms with Crippen molar-refractivity contribution in [3.05, 3.63) is 29.3 Å². The van der Waals surface area contributed by atoms with Gasteiger partial charge < -0.3 is 14.7 Å². The molecule has 0 saturated heterocycles. The highest BCUT2D eigenvalue weighted by atomic mass is 35.5. The molecule has 0 spiro atoms. The largest absolute Gasteiger partial charge is 0.484 e. The van der Waals surface area contributed by atoms with E-state index in [0.717, 1.165) is 12.8 Å². The Bertz CT molecular complexity index is 484. The van der Waals surface area contributed by atoms with Crippen LogP contribution in [0.3, 0.4) is 0 Å². The lowest BCUT2D eigenvalue weighted by molar-refractivity contribution is -0.139. The van der Waals surface area contributed by atoms with Crippen molar-refractivity contribution in [1.29, 1.82) is 0 Å². The molecule has 1 amide bonds. The fourth-order valence-electron chi connectivity index (χ4n) is 1.87. The van der Waals surface area contributed by atoms with Gasteiger partial charge in [0, 0.05) is 17.6 Å². The summed E-state index contributed by atoms with van der Waals surface area (Å²) < 4.78 is 5.39. The number of rotatable bonds is 7. The van der Waals surface area contributed by atoms with E-state index in [1.165, 1.54) is 0 Å². The summed E-state index contributed by atoms with van der Waals surface area (Å²) in [6.45, 7) is 0.153. The van der Waals surface area contributed by atoms with Gasteiger partial charge in [0.05, 0.1) is 6.42 Å². The average molecular weight is 298 g/mol. The first-order valence-corrected chi connectivity index (χ1v) is 6.83. The zero-order valence-electron chi connectivity index (χ0n) is 10.9. The number of carbonyl (C=O) groups excluding carboxylic acids is 1. The zero-order valence-corrected chi connectivity index (χ0v) is 11.7. The van der Waals surface area contributed by atoms with Crippen molar-refractivity contribution in [2.24, 2.45) is 0 Å². The molecule has 6 heteroatoms. The van der Waals surface area contributed by atoms with Crippen LogP contribution in [0.5, 0.6) is 5.75 Å². The minimum absolute atomic E-state index is 0.0385. The van der Waals surface area contributed by atoms with Crippen molar-refractivity contribution in [2.75, 3.05) is 13.2 Å². The summed E-state index contributed by atoms with van der Waals surface area (Å²) in [6, 6.07) is 6.92. The number of halogens is 1. The molecular formula is C14H16ClNO4. The van der Waals surface area contributed by atoms with Crippen LogP contribution in [0, 0.1) is 0 Å². The van der Waals surface area contributed by atoms with Gasteiger partial charge in [0.25, 0.3) is 5.91 Å².